The average Bonchev–Trinajstić information content (AvgIpc) is 3.10. The fourth-order valence-corrected chi connectivity index (χ4v) is 4.64. The van der Waals surface area contributed by atoms with Gasteiger partial charge in [0.15, 0.2) is 0 Å². The first-order valence-electron chi connectivity index (χ1n) is 10.1. The zero-order chi connectivity index (χ0) is 22.8. The Balaban J connectivity index is 1.99. The van der Waals surface area contributed by atoms with Gasteiger partial charge in [-0.3, -0.25) is 10.1 Å². The van der Waals surface area contributed by atoms with E-state index < -0.39 is 14.9 Å². The Hall–Kier alpha value is -2.98. The van der Waals surface area contributed by atoms with E-state index in [1.165, 1.54) is 12.1 Å². The van der Waals surface area contributed by atoms with E-state index in [1.54, 1.807) is 13.8 Å². The van der Waals surface area contributed by atoms with Crippen molar-refractivity contribution >= 4 is 32.4 Å². The molecular weight excluding hydrogens is 418 g/mol. The third-order valence-electron chi connectivity index (χ3n) is 4.64. The molecule has 0 aliphatic rings. The summed E-state index contributed by atoms with van der Waals surface area (Å²) >= 11 is 0. The van der Waals surface area contributed by atoms with E-state index >= 15 is 0 Å². The van der Waals surface area contributed by atoms with Gasteiger partial charge in [-0.15, -0.1) is 0 Å². The van der Waals surface area contributed by atoms with Crippen LogP contribution in [0.15, 0.2) is 47.4 Å². The summed E-state index contributed by atoms with van der Waals surface area (Å²) in [5, 5.41) is 14.9. The lowest BCUT2D eigenvalue weighted by Crippen LogP contribution is -2.30. The smallest absolute Gasteiger partial charge is 0.293 e. The first kappa shape index (κ1) is 22.7. The lowest BCUT2D eigenvalue weighted by Gasteiger charge is -2.20. The van der Waals surface area contributed by atoms with Crippen LogP contribution < -0.4 is 10.0 Å². The highest BCUT2D eigenvalue weighted by Crippen LogP contribution is 2.33. The molecule has 0 bridgehead atoms. The molecular formula is C21H27N5O4S. The van der Waals surface area contributed by atoms with Crippen LogP contribution in [0.3, 0.4) is 0 Å². The van der Waals surface area contributed by atoms with E-state index in [1.807, 2.05) is 24.3 Å². The quantitative estimate of drug-likeness (QED) is 0.331. The molecule has 0 saturated heterocycles. The Kier molecular flexibility index (Phi) is 6.61. The van der Waals surface area contributed by atoms with Gasteiger partial charge in [0.1, 0.15) is 11.5 Å². The minimum absolute atomic E-state index is 0.150. The van der Waals surface area contributed by atoms with Crippen LogP contribution in [0.5, 0.6) is 0 Å². The summed E-state index contributed by atoms with van der Waals surface area (Å²) in [6, 6.07) is 10.9. The summed E-state index contributed by atoms with van der Waals surface area (Å²) in [6.07, 6.45) is 0.673. The number of anilines is 1. The molecule has 9 nitrogen and oxygen atoms in total. The number of nitro groups is 1. The molecule has 0 spiro atoms. The number of fused-ring (bicyclic) bond motifs is 1. The first-order valence-corrected chi connectivity index (χ1v) is 11.6. The lowest BCUT2D eigenvalue weighted by molar-refractivity contribution is -0.384. The number of nitrogens with one attached hydrogen (secondary N) is 3. The van der Waals surface area contributed by atoms with Gasteiger partial charge in [0.2, 0.25) is 10.0 Å². The maximum atomic E-state index is 12.4. The number of rotatable bonds is 9. The van der Waals surface area contributed by atoms with Gasteiger partial charge in [0.05, 0.1) is 26.9 Å². The first-order chi connectivity index (χ1) is 14.6. The summed E-state index contributed by atoms with van der Waals surface area (Å²) in [7, 11) is -3.85. The van der Waals surface area contributed by atoms with Crippen LogP contribution in [0.1, 0.15) is 46.0 Å². The second kappa shape index (κ2) is 9.03. The monoisotopic (exact) mass is 445 g/mol. The zero-order valence-electron chi connectivity index (χ0n) is 17.9. The number of aromatic nitrogens is 2. The van der Waals surface area contributed by atoms with E-state index in [4.69, 9.17) is 0 Å². The van der Waals surface area contributed by atoms with Gasteiger partial charge in [0.25, 0.3) is 5.69 Å². The van der Waals surface area contributed by atoms with Crippen molar-refractivity contribution in [2.45, 2.75) is 51.1 Å². The highest BCUT2D eigenvalue weighted by Gasteiger charge is 2.25. The highest BCUT2D eigenvalue weighted by atomic mass is 32.2. The summed E-state index contributed by atoms with van der Waals surface area (Å²) in [5.74, 6) is 0.960. The minimum atomic E-state index is -3.85. The van der Waals surface area contributed by atoms with Crippen LogP contribution >= 0.6 is 0 Å². The fourth-order valence-electron chi connectivity index (χ4n) is 3.37. The number of nitro benzene ring substituents is 1. The summed E-state index contributed by atoms with van der Waals surface area (Å²) in [5.41, 5.74) is 1.61. The summed E-state index contributed by atoms with van der Waals surface area (Å²) < 4.78 is 27.3. The molecule has 0 amide bonds. The standard InChI is InChI=1S/C21H27N5O4S/c1-13(2)11-19(21-23-16-7-5-6-8-17(16)24-21)22-18-10-9-15(12-20(18)26(27)28)31(29,30)25-14(3)4/h5-10,12-14,19,22,25H,11H2,1-4H3,(H,23,24)/t19-/m1/s1. The largest absolute Gasteiger partial charge is 0.370 e. The van der Waals surface area contributed by atoms with E-state index in [0.29, 0.717) is 18.2 Å². The van der Waals surface area contributed by atoms with Crippen LogP contribution in [-0.2, 0) is 10.0 Å². The van der Waals surface area contributed by atoms with Crippen LogP contribution in [0.4, 0.5) is 11.4 Å². The Labute approximate surface area is 181 Å². The Morgan fingerprint density at radius 2 is 1.84 bits per heavy atom. The number of para-hydroxylation sites is 2. The van der Waals surface area contributed by atoms with Crippen molar-refractivity contribution in [2.24, 2.45) is 5.92 Å². The number of benzene rings is 2. The van der Waals surface area contributed by atoms with Crippen molar-refractivity contribution in [3.05, 3.63) is 58.4 Å². The third-order valence-corrected chi connectivity index (χ3v) is 6.30. The topological polar surface area (TPSA) is 130 Å². The number of H-pyrrole nitrogens is 1. The number of imidazole rings is 1. The van der Waals surface area contributed by atoms with Gasteiger partial charge in [-0.2, -0.15) is 0 Å². The molecule has 0 radical (unpaired) electrons. The molecule has 31 heavy (non-hydrogen) atoms. The molecule has 2 aromatic carbocycles. The number of hydrogen-bond donors (Lipinski definition) is 3. The molecule has 0 unspecified atom stereocenters. The van der Waals surface area contributed by atoms with Gasteiger partial charge in [-0.05, 0) is 50.5 Å². The van der Waals surface area contributed by atoms with E-state index in [0.717, 1.165) is 17.1 Å². The molecule has 0 aliphatic heterocycles. The number of aromatic amines is 1. The average molecular weight is 446 g/mol. The maximum Gasteiger partial charge on any atom is 0.293 e. The van der Waals surface area contributed by atoms with Gasteiger partial charge < -0.3 is 10.3 Å². The Bertz CT molecular complexity index is 1150. The van der Waals surface area contributed by atoms with Gasteiger partial charge in [-0.25, -0.2) is 18.1 Å². The van der Waals surface area contributed by atoms with Crippen molar-refractivity contribution in [1.29, 1.82) is 0 Å². The van der Waals surface area contributed by atoms with Crippen molar-refractivity contribution in [3.63, 3.8) is 0 Å². The summed E-state index contributed by atoms with van der Waals surface area (Å²) in [4.78, 5) is 18.9. The van der Waals surface area contributed by atoms with Gasteiger partial charge in [0, 0.05) is 12.1 Å². The zero-order valence-corrected chi connectivity index (χ0v) is 18.7. The maximum absolute atomic E-state index is 12.4. The van der Waals surface area contributed by atoms with Crippen LogP contribution in [-0.4, -0.2) is 29.4 Å². The highest BCUT2D eigenvalue weighted by molar-refractivity contribution is 7.89. The van der Waals surface area contributed by atoms with Crippen LogP contribution in [0.25, 0.3) is 11.0 Å². The second-order valence-corrected chi connectivity index (χ2v) is 9.89. The van der Waals surface area contributed by atoms with Crippen LogP contribution in [0.2, 0.25) is 0 Å². The Morgan fingerprint density at radius 1 is 1.13 bits per heavy atom. The molecule has 0 saturated carbocycles. The van der Waals surface area contributed by atoms with Crippen LogP contribution in [0, 0.1) is 16.0 Å². The molecule has 10 heteroatoms. The van der Waals surface area contributed by atoms with Gasteiger partial charge in [-0.1, -0.05) is 26.0 Å². The molecule has 3 aromatic rings. The Morgan fingerprint density at radius 3 is 2.45 bits per heavy atom. The molecule has 0 aliphatic carbocycles. The molecule has 1 aromatic heterocycles. The van der Waals surface area contributed by atoms with Gasteiger partial charge >= 0.3 is 0 Å². The third kappa shape index (κ3) is 5.39. The van der Waals surface area contributed by atoms with Crippen molar-refractivity contribution < 1.29 is 13.3 Å². The predicted octanol–water partition coefficient (Wildman–Crippen LogP) is 4.36. The molecule has 166 valence electrons. The minimum Gasteiger partial charge on any atom is -0.370 e. The predicted molar refractivity (Wildman–Crippen MR) is 120 cm³/mol. The molecule has 3 rings (SSSR count). The SMILES string of the molecule is CC(C)C[C@@H](Nc1ccc(S(=O)(=O)NC(C)C)cc1[N+](=O)[O-])c1nc2ccccc2[nH]1. The summed E-state index contributed by atoms with van der Waals surface area (Å²) in [6.45, 7) is 7.48. The van der Waals surface area contributed by atoms with E-state index in [9.17, 15) is 18.5 Å². The fraction of sp³-hybridized carbons (Fsp3) is 0.381. The molecule has 0 fully saturated rings. The van der Waals surface area contributed by atoms with E-state index in [-0.39, 0.29) is 28.4 Å². The normalized spacial score (nSPS) is 13.1. The number of sulfonamides is 1. The second-order valence-electron chi connectivity index (χ2n) is 8.18. The van der Waals surface area contributed by atoms with Crippen molar-refractivity contribution in [2.75, 3.05) is 5.32 Å². The van der Waals surface area contributed by atoms with Crippen molar-refractivity contribution in [3.8, 4) is 0 Å². The van der Waals surface area contributed by atoms with Crippen molar-refractivity contribution in [1.82, 2.24) is 14.7 Å². The number of hydrogen-bond acceptors (Lipinski definition) is 6. The molecule has 1 heterocycles. The molecule has 1 atom stereocenters. The number of nitrogens with zero attached hydrogens (tertiary/aromatic N) is 2. The molecule has 3 N–H and O–H groups in total. The van der Waals surface area contributed by atoms with E-state index in [2.05, 4.69) is 33.9 Å². The lowest BCUT2D eigenvalue weighted by atomic mass is 10.0.